The van der Waals surface area contributed by atoms with Crippen LogP contribution in [0.15, 0.2) is 42.9 Å². The van der Waals surface area contributed by atoms with Gasteiger partial charge < -0.3 is 10.7 Å². The Morgan fingerprint density at radius 3 is 3.04 bits per heavy atom. The summed E-state index contributed by atoms with van der Waals surface area (Å²) in [5.74, 6) is 0. The lowest BCUT2D eigenvalue weighted by Gasteiger charge is -2.35. The molecule has 3 heterocycles. The van der Waals surface area contributed by atoms with Gasteiger partial charge in [0.15, 0.2) is 0 Å². The first-order valence-corrected chi connectivity index (χ1v) is 9.65. The third-order valence-corrected chi connectivity index (χ3v) is 5.41. The quantitative estimate of drug-likeness (QED) is 0.640. The van der Waals surface area contributed by atoms with Crippen LogP contribution in [0.1, 0.15) is 48.7 Å². The van der Waals surface area contributed by atoms with Crippen LogP contribution in [0.3, 0.4) is 0 Å². The number of aryl methyl sites for hydroxylation is 1. The average Bonchev–Trinajstić information content (AvgIpc) is 3.17. The molecule has 0 saturated heterocycles. The molecule has 5 nitrogen and oxygen atoms in total. The number of nitrogens with one attached hydrogen (secondary N) is 1. The molecule has 3 aromatic rings. The van der Waals surface area contributed by atoms with E-state index in [0.717, 1.165) is 56.5 Å². The van der Waals surface area contributed by atoms with E-state index in [1.54, 1.807) is 0 Å². The number of nitrogens with two attached hydrogens (primary N) is 1. The lowest BCUT2D eigenvalue weighted by Crippen LogP contribution is -2.33. The minimum atomic E-state index is 0.366. The van der Waals surface area contributed by atoms with Gasteiger partial charge in [0.1, 0.15) is 0 Å². The summed E-state index contributed by atoms with van der Waals surface area (Å²) >= 11 is 0. The number of fused-ring (bicyclic) bond motifs is 2. The van der Waals surface area contributed by atoms with Crippen molar-refractivity contribution in [1.82, 2.24) is 19.9 Å². The molecule has 5 heteroatoms. The Morgan fingerprint density at radius 1 is 1.15 bits per heavy atom. The first-order chi connectivity index (χ1) is 12.9. The molecule has 26 heavy (non-hydrogen) atoms. The number of rotatable bonds is 7. The monoisotopic (exact) mass is 349 g/mol. The van der Waals surface area contributed by atoms with Crippen molar-refractivity contribution in [1.29, 1.82) is 0 Å². The lowest BCUT2D eigenvalue weighted by atomic mass is 9.90. The number of hydrogen-bond donors (Lipinski definition) is 2. The van der Waals surface area contributed by atoms with Gasteiger partial charge in [0.05, 0.1) is 22.9 Å². The predicted octanol–water partition coefficient (Wildman–Crippen LogP) is 3.58. The summed E-state index contributed by atoms with van der Waals surface area (Å²) in [5, 5.41) is 1.22. The second-order valence-electron chi connectivity index (χ2n) is 7.12. The zero-order chi connectivity index (χ0) is 17.8. The molecule has 136 valence electrons. The molecular formula is C21H27N5. The predicted molar refractivity (Wildman–Crippen MR) is 105 cm³/mol. The summed E-state index contributed by atoms with van der Waals surface area (Å²) in [4.78, 5) is 15.3. The van der Waals surface area contributed by atoms with Crippen LogP contribution in [0.25, 0.3) is 10.9 Å². The molecule has 0 aromatic carbocycles. The van der Waals surface area contributed by atoms with E-state index < -0.39 is 0 Å². The van der Waals surface area contributed by atoms with Crippen LogP contribution in [0.2, 0.25) is 0 Å². The number of pyridine rings is 2. The van der Waals surface area contributed by atoms with E-state index in [9.17, 15) is 0 Å². The fourth-order valence-electron chi connectivity index (χ4n) is 4.10. The average molecular weight is 349 g/mol. The summed E-state index contributed by atoms with van der Waals surface area (Å²) in [6.07, 6.45) is 11.5. The second-order valence-corrected chi connectivity index (χ2v) is 7.12. The molecule has 0 amide bonds. The molecule has 0 radical (unpaired) electrons. The summed E-state index contributed by atoms with van der Waals surface area (Å²) in [5.41, 5.74) is 10.7. The van der Waals surface area contributed by atoms with E-state index in [4.69, 9.17) is 10.7 Å². The van der Waals surface area contributed by atoms with Crippen molar-refractivity contribution < 1.29 is 0 Å². The van der Waals surface area contributed by atoms with Crippen molar-refractivity contribution in [2.45, 2.75) is 44.7 Å². The fraction of sp³-hybridized carbons (Fsp3) is 0.429. The number of nitrogens with zero attached hydrogens (tertiary/aromatic N) is 3. The van der Waals surface area contributed by atoms with Gasteiger partial charge in [-0.05, 0) is 69.0 Å². The van der Waals surface area contributed by atoms with Crippen LogP contribution < -0.4 is 5.73 Å². The van der Waals surface area contributed by atoms with E-state index in [1.807, 2.05) is 18.6 Å². The maximum absolute atomic E-state index is 5.73. The van der Waals surface area contributed by atoms with Crippen LogP contribution in [0.5, 0.6) is 0 Å². The number of unbranched alkanes of at least 4 members (excludes halogenated alkanes) is 1. The Bertz CT molecular complexity index is 856. The second kappa shape index (κ2) is 7.98. The number of aromatic nitrogens is 3. The highest BCUT2D eigenvalue weighted by Gasteiger charge is 2.27. The van der Waals surface area contributed by atoms with Gasteiger partial charge in [-0.1, -0.05) is 6.07 Å². The van der Waals surface area contributed by atoms with Crippen LogP contribution >= 0.6 is 0 Å². The van der Waals surface area contributed by atoms with Crippen molar-refractivity contribution in [3.63, 3.8) is 0 Å². The number of H-pyrrole nitrogens is 1. The minimum Gasteiger partial charge on any atom is -0.360 e. The molecule has 0 spiro atoms. The topological polar surface area (TPSA) is 70.8 Å². The van der Waals surface area contributed by atoms with Gasteiger partial charge in [0, 0.05) is 30.5 Å². The number of hydrogen-bond acceptors (Lipinski definition) is 4. The highest BCUT2D eigenvalue weighted by Crippen LogP contribution is 2.34. The zero-order valence-corrected chi connectivity index (χ0v) is 15.2. The van der Waals surface area contributed by atoms with E-state index in [0.29, 0.717) is 6.04 Å². The Morgan fingerprint density at radius 2 is 2.12 bits per heavy atom. The standard InChI is InChI=1S/C21H27N5/c22-10-1-2-14-26(15-18-20-17(8-12-23-18)9-13-25-20)19-7-3-5-16-6-4-11-24-21(16)19/h4,6,8-9,11-13,19,25H,1-3,5,7,10,14-15,22H2. The first kappa shape index (κ1) is 17.2. The number of aromatic amines is 1. The smallest absolute Gasteiger partial charge is 0.0784 e. The lowest BCUT2D eigenvalue weighted by molar-refractivity contribution is 0.161. The van der Waals surface area contributed by atoms with Crippen LogP contribution in [0, 0.1) is 0 Å². The minimum absolute atomic E-state index is 0.366. The van der Waals surface area contributed by atoms with Crippen LogP contribution in [0.4, 0.5) is 0 Å². The molecule has 1 aliphatic carbocycles. The highest BCUT2D eigenvalue weighted by atomic mass is 15.2. The molecule has 1 unspecified atom stereocenters. The van der Waals surface area contributed by atoms with Gasteiger partial charge in [0.25, 0.3) is 0 Å². The molecular weight excluding hydrogens is 322 g/mol. The molecule has 1 atom stereocenters. The van der Waals surface area contributed by atoms with Gasteiger partial charge in [-0.25, -0.2) is 0 Å². The van der Waals surface area contributed by atoms with Crippen LogP contribution in [-0.2, 0) is 13.0 Å². The first-order valence-electron chi connectivity index (χ1n) is 9.65. The van der Waals surface area contributed by atoms with E-state index in [-0.39, 0.29) is 0 Å². The van der Waals surface area contributed by atoms with Crippen molar-refractivity contribution >= 4 is 10.9 Å². The molecule has 0 fully saturated rings. The van der Waals surface area contributed by atoms with Gasteiger partial charge in [-0.3, -0.25) is 14.9 Å². The SMILES string of the molecule is NCCCCN(Cc1nccc2cc[nH]c12)C1CCCc2cccnc21. The normalized spacial score (nSPS) is 16.9. The van der Waals surface area contributed by atoms with Crippen molar-refractivity contribution in [2.75, 3.05) is 13.1 Å². The molecule has 3 aromatic heterocycles. The Kier molecular flexibility index (Phi) is 5.27. The molecule has 3 N–H and O–H groups in total. The van der Waals surface area contributed by atoms with Gasteiger partial charge >= 0.3 is 0 Å². The summed E-state index contributed by atoms with van der Waals surface area (Å²) in [6.45, 7) is 2.61. The summed E-state index contributed by atoms with van der Waals surface area (Å²) in [7, 11) is 0. The third-order valence-electron chi connectivity index (χ3n) is 5.41. The zero-order valence-electron chi connectivity index (χ0n) is 15.2. The summed E-state index contributed by atoms with van der Waals surface area (Å²) < 4.78 is 0. The van der Waals surface area contributed by atoms with Crippen molar-refractivity contribution in [2.24, 2.45) is 5.73 Å². The van der Waals surface area contributed by atoms with Crippen LogP contribution in [-0.4, -0.2) is 32.9 Å². The Balaban J connectivity index is 1.64. The molecule has 0 aliphatic heterocycles. The van der Waals surface area contributed by atoms with E-state index >= 15 is 0 Å². The molecule has 4 rings (SSSR count). The fourth-order valence-corrected chi connectivity index (χ4v) is 4.10. The maximum atomic E-state index is 5.73. The maximum Gasteiger partial charge on any atom is 0.0784 e. The molecule has 1 aliphatic rings. The van der Waals surface area contributed by atoms with Crippen molar-refractivity contribution in [3.8, 4) is 0 Å². The molecule has 0 saturated carbocycles. The highest BCUT2D eigenvalue weighted by molar-refractivity contribution is 5.80. The van der Waals surface area contributed by atoms with Gasteiger partial charge in [0.2, 0.25) is 0 Å². The van der Waals surface area contributed by atoms with E-state index in [2.05, 4.69) is 39.1 Å². The largest absolute Gasteiger partial charge is 0.360 e. The molecule has 0 bridgehead atoms. The van der Waals surface area contributed by atoms with Gasteiger partial charge in [-0.15, -0.1) is 0 Å². The van der Waals surface area contributed by atoms with E-state index in [1.165, 1.54) is 23.1 Å². The summed E-state index contributed by atoms with van der Waals surface area (Å²) in [6, 6.07) is 8.82. The Labute approximate surface area is 154 Å². The van der Waals surface area contributed by atoms with Crippen molar-refractivity contribution in [3.05, 3.63) is 59.8 Å². The third kappa shape index (κ3) is 3.50. The van der Waals surface area contributed by atoms with Gasteiger partial charge in [-0.2, -0.15) is 0 Å². The Hall–Kier alpha value is -2.24.